The van der Waals surface area contributed by atoms with E-state index in [1.54, 1.807) is 10.6 Å². The number of amides is 1. The molecule has 1 amide bonds. The van der Waals surface area contributed by atoms with Crippen LogP contribution in [0.25, 0.3) is 10.9 Å². The van der Waals surface area contributed by atoms with Crippen molar-refractivity contribution in [2.75, 3.05) is 18.9 Å². The number of aromatic nitrogens is 2. The Morgan fingerprint density at radius 1 is 1.31 bits per heavy atom. The number of nitrogens with zero attached hydrogens (tertiary/aromatic N) is 2. The number of rotatable bonds is 7. The Hall–Kier alpha value is -1.86. The molecule has 2 aliphatic rings. The van der Waals surface area contributed by atoms with Crippen LogP contribution in [0.3, 0.4) is 0 Å². The number of para-hydroxylation sites is 1. The van der Waals surface area contributed by atoms with E-state index in [1.165, 1.54) is 24.6 Å². The largest absolute Gasteiger partial charge is 0.376 e. The van der Waals surface area contributed by atoms with Crippen LogP contribution in [0.1, 0.15) is 25.7 Å². The van der Waals surface area contributed by atoms with Gasteiger partial charge in [0.25, 0.3) is 5.56 Å². The molecule has 26 heavy (non-hydrogen) atoms. The van der Waals surface area contributed by atoms with Gasteiger partial charge in [-0.1, -0.05) is 23.9 Å². The maximum Gasteiger partial charge on any atom is 0.262 e. The van der Waals surface area contributed by atoms with E-state index in [2.05, 4.69) is 10.3 Å². The lowest BCUT2D eigenvalue weighted by molar-refractivity contribution is -0.118. The van der Waals surface area contributed by atoms with Gasteiger partial charge in [-0.15, -0.1) is 0 Å². The number of hydrogen-bond donors (Lipinski definition) is 1. The van der Waals surface area contributed by atoms with Crippen LogP contribution in [0.5, 0.6) is 0 Å². The molecule has 2 aromatic rings. The minimum atomic E-state index is -0.0630. The highest BCUT2D eigenvalue weighted by Crippen LogP contribution is 2.27. The average Bonchev–Trinajstić information content (AvgIpc) is 3.35. The van der Waals surface area contributed by atoms with Gasteiger partial charge in [-0.3, -0.25) is 14.2 Å². The summed E-state index contributed by atoms with van der Waals surface area (Å²) < 4.78 is 7.38. The van der Waals surface area contributed by atoms with Gasteiger partial charge in [-0.05, 0) is 43.7 Å². The maximum absolute atomic E-state index is 13.0. The molecule has 7 heteroatoms. The second-order valence-corrected chi connectivity index (χ2v) is 7.94. The zero-order chi connectivity index (χ0) is 17.9. The first-order chi connectivity index (χ1) is 12.7. The fourth-order valence-electron chi connectivity index (χ4n) is 3.17. The van der Waals surface area contributed by atoms with E-state index in [4.69, 9.17) is 4.74 Å². The van der Waals surface area contributed by atoms with E-state index in [-0.39, 0.29) is 23.3 Å². The maximum atomic E-state index is 13.0. The van der Waals surface area contributed by atoms with Crippen molar-refractivity contribution in [1.29, 1.82) is 0 Å². The Balaban J connectivity index is 1.55. The standard InChI is InChI=1S/C19H23N3O3S/c23-17(20-10-13-7-8-13)12-26-19-21-16-6-2-1-5-15(16)18(24)22(19)11-14-4-3-9-25-14/h1-2,5-6,13-14H,3-4,7-12H2,(H,20,23). The molecule has 0 spiro atoms. The molecule has 2 heterocycles. The Kier molecular flexibility index (Phi) is 5.26. The molecule has 6 nitrogen and oxygen atoms in total. The van der Waals surface area contributed by atoms with E-state index in [1.807, 2.05) is 18.2 Å². The fourth-order valence-corrected chi connectivity index (χ4v) is 4.01. The second-order valence-electron chi connectivity index (χ2n) is 7.00. The van der Waals surface area contributed by atoms with E-state index < -0.39 is 0 Å². The lowest BCUT2D eigenvalue weighted by atomic mass is 10.2. The third-order valence-corrected chi connectivity index (χ3v) is 5.83. The number of ether oxygens (including phenoxy) is 1. The number of fused-ring (bicyclic) bond motifs is 1. The van der Waals surface area contributed by atoms with Crippen LogP contribution in [0, 0.1) is 5.92 Å². The number of hydrogen-bond acceptors (Lipinski definition) is 5. The first-order valence-corrected chi connectivity index (χ1v) is 10.2. The number of thioether (sulfide) groups is 1. The van der Waals surface area contributed by atoms with Gasteiger partial charge < -0.3 is 10.1 Å². The summed E-state index contributed by atoms with van der Waals surface area (Å²) in [5.74, 6) is 0.914. The second kappa shape index (κ2) is 7.80. The monoisotopic (exact) mass is 373 g/mol. The van der Waals surface area contributed by atoms with Crippen molar-refractivity contribution in [2.24, 2.45) is 5.92 Å². The summed E-state index contributed by atoms with van der Waals surface area (Å²) in [4.78, 5) is 29.7. The third kappa shape index (κ3) is 4.10. The van der Waals surface area contributed by atoms with Crippen LogP contribution in [-0.4, -0.2) is 40.5 Å². The van der Waals surface area contributed by atoms with E-state index >= 15 is 0 Å². The smallest absolute Gasteiger partial charge is 0.262 e. The van der Waals surface area contributed by atoms with Crippen LogP contribution in [0.2, 0.25) is 0 Å². The molecule has 1 saturated heterocycles. The van der Waals surface area contributed by atoms with Gasteiger partial charge in [0.2, 0.25) is 5.91 Å². The van der Waals surface area contributed by atoms with Gasteiger partial charge in [0.1, 0.15) is 0 Å². The van der Waals surface area contributed by atoms with Gasteiger partial charge in [0.05, 0.1) is 29.3 Å². The molecule has 1 saturated carbocycles. The summed E-state index contributed by atoms with van der Waals surface area (Å²) in [5.41, 5.74) is 0.606. The highest BCUT2D eigenvalue weighted by Gasteiger charge is 2.23. The van der Waals surface area contributed by atoms with Gasteiger partial charge in [0, 0.05) is 13.2 Å². The molecule has 4 rings (SSSR count). The molecule has 1 N–H and O–H groups in total. The first-order valence-electron chi connectivity index (χ1n) is 9.21. The topological polar surface area (TPSA) is 73.2 Å². The fraction of sp³-hybridized carbons (Fsp3) is 0.526. The molecular formula is C19H23N3O3S. The van der Waals surface area contributed by atoms with E-state index in [9.17, 15) is 9.59 Å². The molecule has 1 atom stereocenters. The molecule has 138 valence electrons. The highest BCUT2D eigenvalue weighted by molar-refractivity contribution is 7.99. The van der Waals surface area contributed by atoms with Crippen molar-refractivity contribution in [2.45, 2.75) is 43.5 Å². The van der Waals surface area contributed by atoms with Gasteiger partial charge in [-0.25, -0.2) is 4.98 Å². The van der Waals surface area contributed by atoms with Crippen LogP contribution in [0.15, 0.2) is 34.2 Å². The van der Waals surface area contributed by atoms with Crippen LogP contribution in [-0.2, 0) is 16.1 Å². The summed E-state index contributed by atoms with van der Waals surface area (Å²) in [5, 5.41) is 4.15. The lowest BCUT2D eigenvalue weighted by Gasteiger charge is -2.16. The molecule has 0 bridgehead atoms. The van der Waals surface area contributed by atoms with Crippen LogP contribution in [0.4, 0.5) is 0 Å². The zero-order valence-corrected chi connectivity index (χ0v) is 15.5. The van der Waals surface area contributed by atoms with Gasteiger partial charge in [0.15, 0.2) is 5.16 Å². The Bertz CT molecular complexity index is 857. The predicted molar refractivity (Wildman–Crippen MR) is 101 cm³/mol. The summed E-state index contributed by atoms with van der Waals surface area (Å²) in [7, 11) is 0. The number of carbonyl (C=O) groups is 1. The van der Waals surface area contributed by atoms with Crippen molar-refractivity contribution in [3.05, 3.63) is 34.6 Å². The van der Waals surface area contributed by atoms with Gasteiger partial charge >= 0.3 is 0 Å². The molecule has 2 fully saturated rings. The number of benzene rings is 1. The van der Waals surface area contributed by atoms with E-state index in [0.29, 0.717) is 28.5 Å². The molecule has 1 aromatic heterocycles. The summed E-state index contributed by atoms with van der Waals surface area (Å²) in [6.45, 7) is 1.99. The summed E-state index contributed by atoms with van der Waals surface area (Å²) in [6.07, 6.45) is 4.43. The molecular weight excluding hydrogens is 350 g/mol. The lowest BCUT2D eigenvalue weighted by Crippen LogP contribution is -2.30. The van der Waals surface area contributed by atoms with Crippen LogP contribution < -0.4 is 10.9 Å². The molecule has 1 unspecified atom stereocenters. The average molecular weight is 373 g/mol. The molecule has 0 radical (unpaired) electrons. The minimum Gasteiger partial charge on any atom is -0.376 e. The quantitative estimate of drug-likeness (QED) is 0.595. The first kappa shape index (κ1) is 17.5. The molecule has 1 aliphatic carbocycles. The van der Waals surface area contributed by atoms with Crippen molar-refractivity contribution in [3.63, 3.8) is 0 Å². The minimum absolute atomic E-state index is 0.00651. The molecule has 1 aromatic carbocycles. The normalized spacial score (nSPS) is 19.8. The van der Waals surface area contributed by atoms with Crippen molar-refractivity contribution >= 4 is 28.6 Å². The highest BCUT2D eigenvalue weighted by atomic mass is 32.2. The van der Waals surface area contributed by atoms with Crippen molar-refractivity contribution in [1.82, 2.24) is 14.9 Å². The number of nitrogens with one attached hydrogen (secondary N) is 1. The molecule has 1 aliphatic heterocycles. The Labute approximate surface area is 156 Å². The number of carbonyl (C=O) groups excluding carboxylic acids is 1. The van der Waals surface area contributed by atoms with Crippen molar-refractivity contribution < 1.29 is 9.53 Å². The third-order valence-electron chi connectivity index (χ3n) is 4.85. The van der Waals surface area contributed by atoms with Crippen molar-refractivity contribution in [3.8, 4) is 0 Å². The van der Waals surface area contributed by atoms with Gasteiger partial charge in [-0.2, -0.15) is 0 Å². The predicted octanol–water partition coefficient (Wildman–Crippen LogP) is 2.19. The summed E-state index contributed by atoms with van der Waals surface area (Å²) in [6, 6.07) is 7.35. The SMILES string of the molecule is O=C(CSc1nc2ccccc2c(=O)n1CC1CCCO1)NCC1CC1. The summed E-state index contributed by atoms with van der Waals surface area (Å²) >= 11 is 1.32. The Morgan fingerprint density at radius 3 is 2.92 bits per heavy atom. The van der Waals surface area contributed by atoms with E-state index in [0.717, 1.165) is 26.0 Å². The Morgan fingerprint density at radius 2 is 2.15 bits per heavy atom. The van der Waals surface area contributed by atoms with Crippen LogP contribution >= 0.6 is 11.8 Å². The zero-order valence-electron chi connectivity index (χ0n) is 14.6.